The van der Waals surface area contributed by atoms with Gasteiger partial charge in [-0.2, -0.15) is 0 Å². The van der Waals surface area contributed by atoms with Crippen LogP contribution in [0.5, 0.6) is 0 Å². The quantitative estimate of drug-likeness (QED) is 0.607. The maximum absolute atomic E-state index is 11.9. The average Bonchev–Trinajstić information content (AvgIpc) is 2.85. The molecule has 0 aliphatic carbocycles. The summed E-state index contributed by atoms with van der Waals surface area (Å²) < 4.78 is 2.09. The fourth-order valence-electron chi connectivity index (χ4n) is 2.14. The van der Waals surface area contributed by atoms with Crippen molar-refractivity contribution in [3.63, 3.8) is 0 Å². The number of carbonyl (C=O) groups is 2. The van der Waals surface area contributed by atoms with E-state index in [0.29, 0.717) is 17.0 Å². The summed E-state index contributed by atoms with van der Waals surface area (Å²) in [5.74, 6) is -0.595. The van der Waals surface area contributed by atoms with Gasteiger partial charge in [-0.3, -0.25) is 9.59 Å². The molecule has 2 aromatic rings. The summed E-state index contributed by atoms with van der Waals surface area (Å²) in [6.07, 6.45) is 6.17. The number of hydrogen-bond acceptors (Lipinski definition) is 3. The van der Waals surface area contributed by atoms with E-state index >= 15 is 0 Å². The third-order valence-electron chi connectivity index (χ3n) is 3.22. The molecule has 0 spiro atoms. The van der Waals surface area contributed by atoms with Crippen molar-refractivity contribution < 1.29 is 14.2 Å². The summed E-state index contributed by atoms with van der Waals surface area (Å²) in [5, 5.41) is 3.33. The lowest BCUT2D eigenvalue weighted by atomic mass is 10.2. The van der Waals surface area contributed by atoms with Crippen molar-refractivity contribution in [1.29, 1.82) is 0 Å². The topological polar surface area (TPSA) is 76.1 Å². The van der Waals surface area contributed by atoms with E-state index in [9.17, 15) is 9.59 Å². The van der Waals surface area contributed by atoms with Crippen molar-refractivity contribution in [2.75, 3.05) is 5.32 Å². The minimum absolute atomic E-state index is 0.0811. The lowest BCUT2D eigenvalue weighted by molar-refractivity contribution is -0.697. The van der Waals surface area contributed by atoms with Gasteiger partial charge in [0.15, 0.2) is 12.4 Å². The van der Waals surface area contributed by atoms with Gasteiger partial charge in [-0.05, 0) is 19.4 Å². The fraction of sp³-hybridized carbons (Fsp3) is 0.312. The van der Waals surface area contributed by atoms with Crippen molar-refractivity contribution in [2.45, 2.75) is 32.7 Å². The Kier molecular flexibility index (Phi) is 5.66. The standard InChI is InChI=1S/C16H19N3O2S/c1-12-11-13(15(17)21)16(22-12)18-14(20)7-3-6-10-19-8-4-2-5-9-19/h2,4-5,8-9,11H,3,6-7,10H2,1H3,(H2-,17,18,20,21)/p+1. The number of primary amides is 1. The number of unbranched alkanes of at least 4 members (excludes halogenated alkanes) is 1. The van der Waals surface area contributed by atoms with Crippen LogP contribution in [0.1, 0.15) is 34.5 Å². The lowest BCUT2D eigenvalue weighted by Crippen LogP contribution is -2.32. The molecular formula is C16H20N3O2S+. The number of hydrogen-bond donors (Lipinski definition) is 2. The number of anilines is 1. The van der Waals surface area contributed by atoms with Gasteiger partial charge in [-0.15, -0.1) is 11.3 Å². The second-order valence-corrected chi connectivity index (χ2v) is 6.34. The molecule has 6 heteroatoms. The second-order valence-electron chi connectivity index (χ2n) is 5.08. The molecule has 0 aliphatic heterocycles. The first-order valence-electron chi connectivity index (χ1n) is 7.20. The monoisotopic (exact) mass is 318 g/mol. The first-order valence-corrected chi connectivity index (χ1v) is 8.02. The van der Waals surface area contributed by atoms with E-state index < -0.39 is 5.91 Å². The molecule has 2 aromatic heterocycles. The molecule has 3 N–H and O–H groups in total. The van der Waals surface area contributed by atoms with Gasteiger partial charge in [0.1, 0.15) is 11.5 Å². The normalized spacial score (nSPS) is 10.4. The van der Waals surface area contributed by atoms with E-state index in [1.165, 1.54) is 11.3 Å². The highest BCUT2D eigenvalue weighted by molar-refractivity contribution is 7.16. The Balaban J connectivity index is 1.77. The van der Waals surface area contributed by atoms with Crippen molar-refractivity contribution in [3.05, 3.63) is 47.1 Å². The molecule has 0 atom stereocenters. The smallest absolute Gasteiger partial charge is 0.251 e. The van der Waals surface area contributed by atoms with E-state index in [4.69, 9.17) is 5.73 Å². The molecule has 5 nitrogen and oxygen atoms in total. The summed E-state index contributed by atoms with van der Waals surface area (Å²) in [6, 6.07) is 7.65. The molecule has 2 heterocycles. The van der Waals surface area contributed by atoms with Crippen LogP contribution < -0.4 is 15.6 Å². The van der Waals surface area contributed by atoms with Gasteiger partial charge in [-0.25, -0.2) is 4.57 Å². The first-order chi connectivity index (χ1) is 10.6. The molecule has 0 aromatic carbocycles. The van der Waals surface area contributed by atoms with Crippen LogP contribution >= 0.6 is 11.3 Å². The zero-order chi connectivity index (χ0) is 15.9. The predicted molar refractivity (Wildman–Crippen MR) is 86.7 cm³/mol. The summed E-state index contributed by atoms with van der Waals surface area (Å²) in [7, 11) is 0. The average molecular weight is 318 g/mol. The van der Waals surface area contributed by atoms with Crippen LogP contribution in [-0.2, 0) is 11.3 Å². The Bertz CT molecular complexity index is 653. The Hall–Kier alpha value is -2.21. The van der Waals surface area contributed by atoms with Gasteiger partial charge < -0.3 is 11.1 Å². The first kappa shape index (κ1) is 16.2. The highest BCUT2D eigenvalue weighted by Crippen LogP contribution is 2.27. The van der Waals surface area contributed by atoms with Crippen molar-refractivity contribution >= 4 is 28.2 Å². The molecular weight excluding hydrogens is 298 g/mol. The van der Waals surface area contributed by atoms with Crippen LogP contribution in [0.4, 0.5) is 5.00 Å². The van der Waals surface area contributed by atoms with Crippen molar-refractivity contribution in [2.24, 2.45) is 5.73 Å². The number of amides is 2. The summed E-state index contributed by atoms with van der Waals surface area (Å²) in [6.45, 7) is 2.77. The Morgan fingerprint density at radius 1 is 1.23 bits per heavy atom. The number of nitrogens with two attached hydrogens (primary N) is 1. The van der Waals surface area contributed by atoms with Crippen molar-refractivity contribution in [1.82, 2.24) is 0 Å². The number of carbonyl (C=O) groups excluding carboxylic acids is 2. The number of pyridine rings is 1. The van der Waals surface area contributed by atoms with E-state index in [0.717, 1.165) is 24.3 Å². The van der Waals surface area contributed by atoms with E-state index in [1.54, 1.807) is 6.07 Å². The predicted octanol–water partition coefficient (Wildman–Crippen LogP) is 2.25. The highest BCUT2D eigenvalue weighted by Gasteiger charge is 2.14. The zero-order valence-corrected chi connectivity index (χ0v) is 13.4. The molecule has 2 rings (SSSR count). The third kappa shape index (κ3) is 4.66. The molecule has 0 fully saturated rings. The highest BCUT2D eigenvalue weighted by atomic mass is 32.1. The van der Waals surface area contributed by atoms with E-state index in [1.807, 2.05) is 37.5 Å². The Labute approximate surface area is 133 Å². The van der Waals surface area contributed by atoms with Crippen LogP contribution in [0, 0.1) is 6.92 Å². The maximum Gasteiger partial charge on any atom is 0.251 e. The van der Waals surface area contributed by atoms with E-state index in [-0.39, 0.29) is 5.91 Å². The van der Waals surface area contributed by atoms with Crippen LogP contribution in [0.25, 0.3) is 0 Å². The third-order valence-corrected chi connectivity index (χ3v) is 4.19. The largest absolute Gasteiger partial charge is 0.366 e. The Morgan fingerprint density at radius 3 is 2.64 bits per heavy atom. The number of rotatable bonds is 7. The summed E-state index contributed by atoms with van der Waals surface area (Å²) in [4.78, 5) is 24.2. The van der Waals surface area contributed by atoms with E-state index in [2.05, 4.69) is 9.88 Å². The molecule has 0 saturated heterocycles. The van der Waals surface area contributed by atoms with Gasteiger partial charge in [-0.1, -0.05) is 6.07 Å². The SMILES string of the molecule is Cc1cc(C(N)=O)c(NC(=O)CCCC[n+]2ccccc2)s1. The molecule has 0 radical (unpaired) electrons. The molecule has 22 heavy (non-hydrogen) atoms. The van der Waals surface area contributed by atoms with Gasteiger partial charge >= 0.3 is 0 Å². The van der Waals surface area contributed by atoms with Gasteiger partial charge in [0.05, 0.1) is 5.56 Å². The molecule has 0 unspecified atom stereocenters. The van der Waals surface area contributed by atoms with Crippen LogP contribution in [0.2, 0.25) is 0 Å². The van der Waals surface area contributed by atoms with Crippen LogP contribution in [-0.4, -0.2) is 11.8 Å². The fourth-order valence-corrected chi connectivity index (χ4v) is 3.08. The van der Waals surface area contributed by atoms with Gasteiger partial charge in [0, 0.05) is 29.9 Å². The minimum Gasteiger partial charge on any atom is -0.366 e. The van der Waals surface area contributed by atoms with Gasteiger partial charge in [0.2, 0.25) is 5.91 Å². The zero-order valence-electron chi connectivity index (χ0n) is 12.5. The van der Waals surface area contributed by atoms with Crippen LogP contribution in [0.15, 0.2) is 36.7 Å². The van der Waals surface area contributed by atoms with Crippen LogP contribution in [0.3, 0.4) is 0 Å². The number of thiophene rings is 1. The second kappa shape index (κ2) is 7.70. The van der Waals surface area contributed by atoms with Gasteiger partial charge in [0.25, 0.3) is 5.91 Å². The Morgan fingerprint density at radius 2 is 1.95 bits per heavy atom. The molecule has 2 amide bonds. The molecule has 116 valence electrons. The molecule has 0 bridgehead atoms. The molecule has 0 saturated carbocycles. The summed E-state index contributed by atoms with van der Waals surface area (Å²) in [5.41, 5.74) is 5.69. The summed E-state index contributed by atoms with van der Waals surface area (Å²) >= 11 is 1.37. The minimum atomic E-state index is -0.514. The number of nitrogens with zero attached hydrogens (tertiary/aromatic N) is 1. The lowest BCUT2D eigenvalue weighted by Gasteiger charge is -2.04. The van der Waals surface area contributed by atoms with Crippen molar-refractivity contribution in [3.8, 4) is 0 Å². The number of aromatic nitrogens is 1. The molecule has 0 aliphatic rings. The maximum atomic E-state index is 11.9. The number of nitrogens with one attached hydrogen (secondary N) is 1. The number of aryl methyl sites for hydroxylation is 2.